The van der Waals surface area contributed by atoms with Crippen molar-refractivity contribution < 1.29 is 12.8 Å². The fourth-order valence-electron chi connectivity index (χ4n) is 2.54. The summed E-state index contributed by atoms with van der Waals surface area (Å²) in [4.78, 5) is 0. The van der Waals surface area contributed by atoms with E-state index < -0.39 is 9.84 Å². The van der Waals surface area contributed by atoms with Crippen molar-refractivity contribution >= 4 is 9.84 Å². The van der Waals surface area contributed by atoms with E-state index in [0.717, 1.165) is 22.3 Å². The second-order valence-corrected chi connectivity index (χ2v) is 7.60. The van der Waals surface area contributed by atoms with Crippen LogP contribution >= 0.6 is 0 Å². The molecule has 2 nitrogen and oxygen atoms in total. The second kappa shape index (κ2) is 5.98. The molecule has 0 spiro atoms. The monoisotopic (exact) mass is 306 g/mol. The zero-order valence-electron chi connectivity index (χ0n) is 12.5. The third kappa shape index (κ3) is 4.14. The predicted molar refractivity (Wildman–Crippen MR) is 83.4 cm³/mol. The van der Waals surface area contributed by atoms with Gasteiger partial charge in [0.05, 0.1) is 11.5 Å². The van der Waals surface area contributed by atoms with Gasteiger partial charge in [0.25, 0.3) is 0 Å². The zero-order chi connectivity index (χ0) is 15.6. The normalized spacial score (nSPS) is 11.6. The molecule has 0 heterocycles. The molecule has 2 aromatic carbocycles. The minimum Gasteiger partial charge on any atom is -0.228 e. The molecule has 0 amide bonds. The highest BCUT2D eigenvalue weighted by Gasteiger charge is 2.16. The van der Waals surface area contributed by atoms with E-state index in [-0.39, 0.29) is 17.3 Å². The summed E-state index contributed by atoms with van der Waals surface area (Å²) in [6.07, 6.45) is 0. The lowest BCUT2D eigenvalue weighted by atomic mass is 10.0. The van der Waals surface area contributed by atoms with E-state index in [1.165, 1.54) is 24.3 Å². The average Bonchev–Trinajstić information content (AvgIpc) is 2.36. The topological polar surface area (TPSA) is 34.1 Å². The summed E-state index contributed by atoms with van der Waals surface area (Å²) in [6, 6.07) is 9.59. The van der Waals surface area contributed by atoms with Gasteiger partial charge in [-0.05, 0) is 55.2 Å². The molecule has 0 saturated heterocycles. The lowest BCUT2D eigenvalue weighted by Crippen LogP contribution is -2.10. The largest absolute Gasteiger partial charge is 0.228 e. The molecule has 2 aromatic rings. The van der Waals surface area contributed by atoms with Gasteiger partial charge in [0, 0.05) is 0 Å². The van der Waals surface area contributed by atoms with E-state index >= 15 is 0 Å². The molecule has 0 radical (unpaired) electrons. The first-order valence-electron chi connectivity index (χ1n) is 6.78. The standard InChI is InChI=1S/C17H19FO2S/c1-12-8-13(2)17(14(3)9-12)11-21(19,20)10-15-4-6-16(18)7-5-15/h4-9H,10-11H2,1-3H3. The van der Waals surface area contributed by atoms with E-state index in [4.69, 9.17) is 0 Å². The Morgan fingerprint density at radius 2 is 1.43 bits per heavy atom. The fourth-order valence-corrected chi connectivity index (χ4v) is 4.24. The molecule has 2 rings (SSSR count). The summed E-state index contributed by atoms with van der Waals surface area (Å²) < 4.78 is 37.6. The summed E-state index contributed by atoms with van der Waals surface area (Å²) in [5, 5.41) is 0. The van der Waals surface area contributed by atoms with Crippen LogP contribution in [0.15, 0.2) is 36.4 Å². The molecular formula is C17H19FO2S. The molecule has 0 fully saturated rings. The van der Waals surface area contributed by atoms with E-state index in [1.54, 1.807) is 0 Å². The smallest absolute Gasteiger partial charge is 0.158 e. The number of sulfone groups is 1. The first kappa shape index (κ1) is 15.7. The summed E-state index contributed by atoms with van der Waals surface area (Å²) >= 11 is 0. The lowest BCUT2D eigenvalue weighted by Gasteiger charge is -2.12. The van der Waals surface area contributed by atoms with Crippen LogP contribution in [0.2, 0.25) is 0 Å². The van der Waals surface area contributed by atoms with Crippen LogP contribution in [-0.4, -0.2) is 8.42 Å². The number of benzene rings is 2. The van der Waals surface area contributed by atoms with Gasteiger partial charge in [-0.15, -0.1) is 0 Å². The van der Waals surface area contributed by atoms with Crippen LogP contribution in [0.5, 0.6) is 0 Å². The van der Waals surface area contributed by atoms with E-state index in [2.05, 4.69) is 0 Å². The third-order valence-corrected chi connectivity index (χ3v) is 5.01. The van der Waals surface area contributed by atoms with Crippen molar-refractivity contribution in [1.82, 2.24) is 0 Å². The highest BCUT2D eigenvalue weighted by Crippen LogP contribution is 2.21. The van der Waals surface area contributed by atoms with Crippen molar-refractivity contribution in [2.24, 2.45) is 0 Å². The second-order valence-electron chi connectivity index (χ2n) is 5.54. The van der Waals surface area contributed by atoms with Crippen LogP contribution in [0.1, 0.15) is 27.8 Å². The molecule has 0 N–H and O–H groups in total. The summed E-state index contributed by atoms with van der Waals surface area (Å²) in [7, 11) is -3.28. The first-order valence-corrected chi connectivity index (χ1v) is 8.60. The van der Waals surface area contributed by atoms with Crippen LogP contribution in [0.25, 0.3) is 0 Å². The summed E-state index contributed by atoms with van der Waals surface area (Å²) in [5.41, 5.74) is 4.59. The van der Waals surface area contributed by atoms with Gasteiger partial charge in [-0.25, -0.2) is 12.8 Å². The highest BCUT2D eigenvalue weighted by molar-refractivity contribution is 7.89. The van der Waals surface area contributed by atoms with Crippen molar-refractivity contribution in [3.63, 3.8) is 0 Å². The first-order chi connectivity index (χ1) is 9.77. The number of hydrogen-bond donors (Lipinski definition) is 0. The van der Waals surface area contributed by atoms with Gasteiger partial charge >= 0.3 is 0 Å². The van der Waals surface area contributed by atoms with Crippen LogP contribution in [0, 0.1) is 26.6 Å². The molecule has 0 bridgehead atoms. The molecule has 0 aliphatic carbocycles. The van der Waals surface area contributed by atoms with Crippen molar-refractivity contribution in [3.05, 3.63) is 70.0 Å². The Bertz CT molecular complexity index is 724. The van der Waals surface area contributed by atoms with Crippen molar-refractivity contribution in [2.45, 2.75) is 32.3 Å². The van der Waals surface area contributed by atoms with Gasteiger partial charge in [0.15, 0.2) is 9.84 Å². The average molecular weight is 306 g/mol. The Hall–Kier alpha value is -1.68. The summed E-state index contributed by atoms with van der Waals surface area (Å²) in [6.45, 7) is 5.86. The van der Waals surface area contributed by atoms with Crippen molar-refractivity contribution in [2.75, 3.05) is 0 Å². The maximum absolute atomic E-state index is 12.9. The molecule has 0 atom stereocenters. The molecule has 0 aliphatic heterocycles. The van der Waals surface area contributed by atoms with Gasteiger partial charge in [-0.2, -0.15) is 0 Å². The SMILES string of the molecule is Cc1cc(C)c(CS(=O)(=O)Cc2ccc(F)cc2)c(C)c1. The molecule has 0 aromatic heterocycles. The van der Waals surface area contributed by atoms with Gasteiger partial charge < -0.3 is 0 Å². The quantitative estimate of drug-likeness (QED) is 0.859. The minimum atomic E-state index is -3.28. The van der Waals surface area contributed by atoms with Gasteiger partial charge in [0.2, 0.25) is 0 Å². The molecule has 4 heteroatoms. The maximum Gasteiger partial charge on any atom is 0.158 e. The van der Waals surface area contributed by atoms with E-state index in [0.29, 0.717) is 5.56 Å². The van der Waals surface area contributed by atoms with Crippen LogP contribution in [-0.2, 0) is 21.3 Å². The molecular weight excluding hydrogens is 287 g/mol. The molecule has 112 valence electrons. The fraction of sp³-hybridized carbons (Fsp3) is 0.294. The van der Waals surface area contributed by atoms with Gasteiger partial charge in [0.1, 0.15) is 5.82 Å². The molecule has 0 saturated carbocycles. The Morgan fingerprint density at radius 1 is 0.905 bits per heavy atom. The highest BCUT2D eigenvalue weighted by atomic mass is 32.2. The maximum atomic E-state index is 12.9. The number of rotatable bonds is 4. The third-order valence-electron chi connectivity index (χ3n) is 3.50. The molecule has 0 aliphatic rings. The number of aryl methyl sites for hydroxylation is 3. The van der Waals surface area contributed by atoms with Gasteiger partial charge in [-0.1, -0.05) is 29.8 Å². The predicted octanol–water partition coefficient (Wildman–Crippen LogP) is 3.87. The number of halogens is 1. The van der Waals surface area contributed by atoms with Crippen LogP contribution in [0.3, 0.4) is 0 Å². The van der Waals surface area contributed by atoms with E-state index in [9.17, 15) is 12.8 Å². The van der Waals surface area contributed by atoms with Crippen LogP contribution < -0.4 is 0 Å². The number of hydrogen-bond acceptors (Lipinski definition) is 2. The Balaban J connectivity index is 2.24. The summed E-state index contributed by atoms with van der Waals surface area (Å²) in [5.74, 6) is -0.413. The Kier molecular flexibility index (Phi) is 4.47. The van der Waals surface area contributed by atoms with E-state index in [1.807, 2.05) is 32.9 Å². The van der Waals surface area contributed by atoms with Crippen LogP contribution in [0.4, 0.5) is 4.39 Å². The Labute approximate surface area is 125 Å². The Morgan fingerprint density at radius 3 is 1.95 bits per heavy atom. The minimum absolute atomic E-state index is 0.0162. The van der Waals surface area contributed by atoms with Crippen molar-refractivity contribution in [3.8, 4) is 0 Å². The van der Waals surface area contributed by atoms with Gasteiger partial charge in [-0.3, -0.25) is 0 Å². The lowest BCUT2D eigenvalue weighted by molar-refractivity contribution is 0.593. The van der Waals surface area contributed by atoms with Crippen molar-refractivity contribution in [1.29, 1.82) is 0 Å². The molecule has 21 heavy (non-hydrogen) atoms. The molecule has 0 unspecified atom stereocenters. The zero-order valence-corrected chi connectivity index (χ0v) is 13.3.